The van der Waals surface area contributed by atoms with Crippen LogP contribution < -0.4 is 5.32 Å². The molecule has 1 aromatic carbocycles. The fourth-order valence-corrected chi connectivity index (χ4v) is 2.69. The van der Waals surface area contributed by atoms with Gasteiger partial charge in [0.15, 0.2) is 0 Å². The summed E-state index contributed by atoms with van der Waals surface area (Å²) in [5.41, 5.74) is 0.944. The first-order chi connectivity index (χ1) is 10.2. The highest BCUT2D eigenvalue weighted by molar-refractivity contribution is 5.79. The van der Waals surface area contributed by atoms with Crippen molar-refractivity contribution in [2.45, 2.75) is 45.4 Å². The zero-order chi connectivity index (χ0) is 15.2. The Labute approximate surface area is 124 Å². The summed E-state index contributed by atoms with van der Waals surface area (Å²) in [7, 11) is 0. The van der Waals surface area contributed by atoms with Gasteiger partial charge in [0, 0.05) is 18.7 Å². The predicted molar refractivity (Wildman–Crippen MR) is 76.9 cm³/mol. The highest BCUT2D eigenvalue weighted by Crippen LogP contribution is 2.23. The molecule has 21 heavy (non-hydrogen) atoms. The molecule has 0 saturated carbocycles. The summed E-state index contributed by atoms with van der Waals surface area (Å²) in [6, 6.07) is 4.60. The van der Waals surface area contributed by atoms with Crippen molar-refractivity contribution in [2.24, 2.45) is 5.92 Å². The van der Waals surface area contributed by atoms with E-state index in [0.717, 1.165) is 25.9 Å². The number of hydrogen-bond donors (Lipinski definition) is 2. The Balaban J connectivity index is 1.92. The van der Waals surface area contributed by atoms with Crippen molar-refractivity contribution < 1.29 is 19.0 Å². The molecule has 1 fully saturated rings. The SMILES string of the molecule is CC[C@@H]1OCCC[C@@H]1C(=O)NCc1ccc(CO)c(F)c1. The predicted octanol–water partition coefficient (Wildman–Crippen LogP) is 2.14. The molecule has 0 spiro atoms. The molecule has 4 nitrogen and oxygen atoms in total. The molecule has 1 aliphatic heterocycles. The summed E-state index contributed by atoms with van der Waals surface area (Å²) < 4.78 is 19.2. The van der Waals surface area contributed by atoms with Crippen LogP contribution in [0.4, 0.5) is 4.39 Å². The first-order valence-corrected chi connectivity index (χ1v) is 7.43. The van der Waals surface area contributed by atoms with Gasteiger partial charge in [0.25, 0.3) is 0 Å². The summed E-state index contributed by atoms with van der Waals surface area (Å²) in [5.74, 6) is -0.602. The van der Waals surface area contributed by atoms with E-state index >= 15 is 0 Å². The van der Waals surface area contributed by atoms with Gasteiger partial charge in [-0.15, -0.1) is 0 Å². The minimum Gasteiger partial charge on any atom is -0.392 e. The Morgan fingerprint density at radius 3 is 3.00 bits per heavy atom. The van der Waals surface area contributed by atoms with Gasteiger partial charge in [-0.05, 0) is 30.9 Å². The van der Waals surface area contributed by atoms with Crippen LogP contribution in [0.15, 0.2) is 18.2 Å². The lowest BCUT2D eigenvalue weighted by Crippen LogP contribution is -2.41. The van der Waals surface area contributed by atoms with Gasteiger partial charge in [-0.1, -0.05) is 19.1 Å². The molecule has 0 radical (unpaired) electrons. The van der Waals surface area contributed by atoms with Gasteiger partial charge in [0.1, 0.15) is 5.82 Å². The van der Waals surface area contributed by atoms with E-state index in [1.54, 1.807) is 6.07 Å². The maximum atomic E-state index is 13.6. The first kappa shape index (κ1) is 15.9. The molecule has 0 bridgehead atoms. The fourth-order valence-electron chi connectivity index (χ4n) is 2.69. The maximum Gasteiger partial charge on any atom is 0.225 e. The number of ether oxygens (including phenoxy) is 1. The van der Waals surface area contributed by atoms with Crippen molar-refractivity contribution in [1.82, 2.24) is 5.32 Å². The zero-order valence-electron chi connectivity index (χ0n) is 12.3. The smallest absolute Gasteiger partial charge is 0.225 e. The lowest BCUT2D eigenvalue weighted by molar-refractivity contribution is -0.134. The normalized spacial score (nSPS) is 22.0. The van der Waals surface area contributed by atoms with Crippen molar-refractivity contribution in [1.29, 1.82) is 0 Å². The summed E-state index contributed by atoms with van der Waals surface area (Å²) >= 11 is 0. The summed E-state index contributed by atoms with van der Waals surface area (Å²) in [4.78, 5) is 12.2. The van der Waals surface area contributed by atoms with Gasteiger partial charge in [-0.3, -0.25) is 4.79 Å². The zero-order valence-corrected chi connectivity index (χ0v) is 12.3. The van der Waals surface area contributed by atoms with Crippen molar-refractivity contribution in [3.05, 3.63) is 35.1 Å². The quantitative estimate of drug-likeness (QED) is 0.875. The van der Waals surface area contributed by atoms with E-state index in [2.05, 4.69) is 5.32 Å². The molecule has 0 unspecified atom stereocenters. The second-order valence-electron chi connectivity index (χ2n) is 5.37. The number of rotatable bonds is 5. The lowest BCUT2D eigenvalue weighted by atomic mass is 9.92. The third kappa shape index (κ3) is 4.02. The molecule has 0 aromatic heterocycles. The highest BCUT2D eigenvalue weighted by Gasteiger charge is 2.30. The second-order valence-corrected chi connectivity index (χ2v) is 5.37. The Hall–Kier alpha value is -1.46. The molecule has 2 atom stereocenters. The van der Waals surface area contributed by atoms with Crippen LogP contribution in [0.2, 0.25) is 0 Å². The largest absolute Gasteiger partial charge is 0.392 e. The standard InChI is InChI=1S/C16H22FNO3/c1-2-15-13(4-3-7-21-15)16(20)18-9-11-5-6-12(10-19)14(17)8-11/h5-6,8,13,15,19H,2-4,7,9-10H2,1H3,(H,18,20)/t13-,15-/m0/s1. The van der Waals surface area contributed by atoms with Gasteiger partial charge >= 0.3 is 0 Å². The van der Waals surface area contributed by atoms with Gasteiger partial charge in [-0.25, -0.2) is 4.39 Å². The monoisotopic (exact) mass is 295 g/mol. The first-order valence-electron chi connectivity index (χ1n) is 7.43. The molecule has 1 saturated heterocycles. The number of benzene rings is 1. The minimum atomic E-state index is -0.448. The number of aliphatic hydroxyl groups is 1. The number of hydrogen-bond acceptors (Lipinski definition) is 3. The van der Waals surface area contributed by atoms with Crippen LogP contribution in [0.3, 0.4) is 0 Å². The molecule has 5 heteroatoms. The topological polar surface area (TPSA) is 58.6 Å². The molecular formula is C16H22FNO3. The molecular weight excluding hydrogens is 273 g/mol. The van der Waals surface area contributed by atoms with Crippen LogP contribution in [0.25, 0.3) is 0 Å². The maximum absolute atomic E-state index is 13.6. The summed E-state index contributed by atoms with van der Waals surface area (Å²) in [5, 5.41) is 11.8. The van der Waals surface area contributed by atoms with E-state index in [-0.39, 0.29) is 36.6 Å². The minimum absolute atomic E-state index is 0.0211. The number of halogens is 1. The van der Waals surface area contributed by atoms with Crippen LogP contribution in [-0.4, -0.2) is 23.7 Å². The van der Waals surface area contributed by atoms with Crippen LogP contribution in [-0.2, 0) is 22.7 Å². The summed E-state index contributed by atoms with van der Waals surface area (Å²) in [6.07, 6.45) is 2.53. The van der Waals surface area contributed by atoms with Crippen LogP contribution in [0.5, 0.6) is 0 Å². The van der Waals surface area contributed by atoms with Gasteiger partial charge < -0.3 is 15.2 Å². The lowest BCUT2D eigenvalue weighted by Gasteiger charge is -2.30. The molecule has 1 aliphatic rings. The van der Waals surface area contributed by atoms with Crippen molar-refractivity contribution >= 4 is 5.91 Å². The third-order valence-electron chi connectivity index (χ3n) is 3.93. The fraction of sp³-hybridized carbons (Fsp3) is 0.562. The number of carbonyl (C=O) groups is 1. The van der Waals surface area contributed by atoms with Gasteiger partial charge in [0.2, 0.25) is 5.91 Å². The Kier molecular flexibility index (Phi) is 5.70. The Bertz CT molecular complexity index is 492. The molecule has 2 N–H and O–H groups in total. The van der Waals surface area contributed by atoms with E-state index in [1.165, 1.54) is 12.1 Å². The molecule has 1 amide bonds. The molecule has 0 aliphatic carbocycles. The van der Waals surface area contributed by atoms with E-state index < -0.39 is 5.82 Å². The van der Waals surface area contributed by atoms with Crippen molar-refractivity contribution in [3.63, 3.8) is 0 Å². The van der Waals surface area contributed by atoms with E-state index in [4.69, 9.17) is 9.84 Å². The average Bonchev–Trinajstić information content (AvgIpc) is 2.52. The molecule has 2 rings (SSSR count). The van der Waals surface area contributed by atoms with Crippen molar-refractivity contribution in [3.8, 4) is 0 Å². The van der Waals surface area contributed by atoms with Gasteiger partial charge in [-0.2, -0.15) is 0 Å². The van der Waals surface area contributed by atoms with Crippen LogP contribution in [0, 0.1) is 11.7 Å². The van der Waals surface area contributed by atoms with E-state index in [1.807, 2.05) is 6.92 Å². The molecule has 116 valence electrons. The second kappa shape index (κ2) is 7.52. The van der Waals surface area contributed by atoms with Crippen molar-refractivity contribution in [2.75, 3.05) is 6.61 Å². The average molecular weight is 295 g/mol. The van der Waals surface area contributed by atoms with E-state index in [9.17, 15) is 9.18 Å². The molecule has 1 heterocycles. The number of nitrogens with one attached hydrogen (secondary N) is 1. The highest BCUT2D eigenvalue weighted by atomic mass is 19.1. The number of carbonyl (C=O) groups excluding carboxylic acids is 1. The summed E-state index contributed by atoms with van der Waals surface area (Å²) in [6.45, 7) is 2.69. The number of aliphatic hydroxyl groups excluding tert-OH is 1. The van der Waals surface area contributed by atoms with E-state index in [0.29, 0.717) is 5.56 Å². The number of amides is 1. The Morgan fingerprint density at radius 2 is 2.33 bits per heavy atom. The molecule has 1 aromatic rings. The van der Waals surface area contributed by atoms with Crippen LogP contribution >= 0.6 is 0 Å². The van der Waals surface area contributed by atoms with Crippen LogP contribution in [0.1, 0.15) is 37.3 Å². The third-order valence-corrected chi connectivity index (χ3v) is 3.93. The Morgan fingerprint density at radius 1 is 1.52 bits per heavy atom. The van der Waals surface area contributed by atoms with Gasteiger partial charge in [0.05, 0.1) is 18.6 Å².